The fraction of sp³-hybridized carbons (Fsp3) is 0.353. The average Bonchev–Trinajstić information content (AvgIpc) is 3.09. The Balaban J connectivity index is 1.46. The number of amides is 2. The van der Waals surface area contributed by atoms with Crippen molar-refractivity contribution in [1.29, 1.82) is 0 Å². The molecular weight excluding hydrogens is 326 g/mol. The van der Waals surface area contributed by atoms with Crippen LogP contribution in [0, 0.1) is 0 Å². The molecule has 1 atom stereocenters. The van der Waals surface area contributed by atoms with Gasteiger partial charge in [-0.05, 0) is 36.6 Å². The summed E-state index contributed by atoms with van der Waals surface area (Å²) >= 11 is 5.85. The van der Waals surface area contributed by atoms with Gasteiger partial charge in [0.25, 0.3) is 0 Å². The largest absolute Gasteiger partial charge is 0.336 e. The number of hydrogen-bond acceptors (Lipinski definition) is 4. The van der Waals surface area contributed by atoms with Gasteiger partial charge in [-0.15, -0.1) is 0 Å². The Labute approximate surface area is 146 Å². The highest BCUT2D eigenvalue weighted by Crippen LogP contribution is 2.21. The van der Waals surface area contributed by atoms with E-state index < -0.39 is 0 Å². The highest BCUT2D eigenvalue weighted by molar-refractivity contribution is 6.30. The Hall–Kier alpha value is -2.34. The molecule has 0 radical (unpaired) electrons. The Bertz CT molecular complexity index is 664. The summed E-state index contributed by atoms with van der Waals surface area (Å²) in [5.41, 5.74) is 1.01. The van der Waals surface area contributed by atoms with Gasteiger partial charge in [-0.1, -0.05) is 23.7 Å². The van der Waals surface area contributed by atoms with E-state index in [-0.39, 0.29) is 12.1 Å². The van der Waals surface area contributed by atoms with Gasteiger partial charge >= 0.3 is 6.03 Å². The number of carbonyl (C=O) groups excluding carboxylic acids is 1. The fourth-order valence-corrected chi connectivity index (χ4v) is 2.93. The first kappa shape index (κ1) is 16.5. The summed E-state index contributed by atoms with van der Waals surface area (Å²) in [6, 6.07) is 9.28. The zero-order valence-electron chi connectivity index (χ0n) is 13.3. The van der Waals surface area contributed by atoms with Gasteiger partial charge in [-0.25, -0.2) is 14.8 Å². The van der Waals surface area contributed by atoms with E-state index in [0.717, 1.165) is 30.9 Å². The minimum Gasteiger partial charge on any atom is -0.336 e. The van der Waals surface area contributed by atoms with Crippen LogP contribution in [0.25, 0.3) is 0 Å². The zero-order valence-corrected chi connectivity index (χ0v) is 14.0. The van der Waals surface area contributed by atoms with Crippen molar-refractivity contribution in [3.63, 3.8) is 0 Å². The third-order valence-electron chi connectivity index (χ3n) is 4.05. The van der Waals surface area contributed by atoms with Crippen LogP contribution in [0.15, 0.2) is 42.7 Å². The maximum atomic E-state index is 12.0. The van der Waals surface area contributed by atoms with Crippen molar-refractivity contribution < 1.29 is 4.79 Å². The van der Waals surface area contributed by atoms with Crippen LogP contribution in [0.4, 0.5) is 10.7 Å². The van der Waals surface area contributed by atoms with E-state index in [0.29, 0.717) is 18.1 Å². The molecule has 1 aromatic heterocycles. The van der Waals surface area contributed by atoms with Gasteiger partial charge in [-0.2, -0.15) is 0 Å². The third-order valence-corrected chi connectivity index (χ3v) is 4.30. The predicted octanol–water partition coefficient (Wildman–Crippen LogP) is 2.60. The van der Waals surface area contributed by atoms with E-state index in [1.165, 1.54) is 0 Å². The van der Waals surface area contributed by atoms with Gasteiger partial charge in [0.15, 0.2) is 0 Å². The summed E-state index contributed by atoms with van der Waals surface area (Å²) < 4.78 is 0. The minimum absolute atomic E-state index is 0.175. The topological polar surface area (TPSA) is 70.2 Å². The molecule has 0 aliphatic carbocycles. The lowest BCUT2D eigenvalue weighted by Crippen LogP contribution is -2.44. The van der Waals surface area contributed by atoms with Gasteiger partial charge in [0, 0.05) is 43.1 Å². The van der Waals surface area contributed by atoms with Crippen molar-refractivity contribution in [3.05, 3.63) is 53.3 Å². The Kier molecular flexibility index (Phi) is 5.48. The van der Waals surface area contributed by atoms with E-state index in [9.17, 15) is 4.79 Å². The Morgan fingerprint density at radius 3 is 2.71 bits per heavy atom. The van der Waals surface area contributed by atoms with E-state index in [1.54, 1.807) is 18.5 Å². The first-order chi connectivity index (χ1) is 11.7. The van der Waals surface area contributed by atoms with Gasteiger partial charge in [0.2, 0.25) is 5.95 Å². The van der Waals surface area contributed by atoms with Crippen LogP contribution in [0.2, 0.25) is 5.02 Å². The molecule has 1 fully saturated rings. The molecule has 1 aliphatic heterocycles. The van der Waals surface area contributed by atoms with Crippen LogP contribution >= 0.6 is 11.6 Å². The highest BCUT2D eigenvalue weighted by atomic mass is 35.5. The fourth-order valence-electron chi connectivity index (χ4n) is 2.81. The van der Waals surface area contributed by atoms with E-state index in [4.69, 9.17) is 11.6 Å². The van der Waals surface area contributed by atoms with Crippen LogP contribution in [0.1, 0.15) is 18.4 Å². The predicted molar refractivity (Wildman–Crippen MR) is 94.1 cm³/mol. The minimum atomic E-state index is -0.175. The molecule has 126 valence electrons. The van der Waals surface area contributed by atoms with E-state index >= 15 is 0 Å². The number of rotatable bonds is 5. The smallest absolute Gasteiger partial charge is 0.315 e. The summed E-state index contributed by atoms with van der Waals surface area (Å²) in [4.78, 5) is 22.7. The molecule has 3 rings (SSSR count). The molecular formula is C17H20ClN5O. The van der Waals surface area contributed by atoms with E-state index in [1.807, 2.05) is 24.3 Å². The van der Waals surface area contributed by atoms with Crippen molar-refractivity contribution in [1.82, 2.24) is 20.6 Å². The number of aromatic nitrogens is 2. The number of anilines is 1. The van der Waals surface area contributed by atoms with Crippen LogP contribution in [0.5, 0.6) is 0 Å². The summed E-state index contributed by atoms with van der Waals surface area (Å²) in [5.74, 6) is 0.725. The molecule has 0 unspecified atom stereocenters. The number of carbonyl (C=O) groups is 1. The molecule has 1 saturated heterocycles. The Morgan fingerprint density at radius 2 is 1.96 bits per heavy atom. The maximum absolute atomic E-state index is 12.0. The summed E-state index contributed by atoms with van der Waals surface area (Å²) in [6.45, 7) is 1.96. The first-order valence-electron chi connectivity index (χ1n) is 8.02. The van der Waals surface area contributed by atoms with Crippen molar-refractivity contribution in [2.45, 2.75) is 25.4 Å². The summed E-state index contributed by atoms with van der Waals surface area (Å²) in [7, 11) is 0. The SMILES string of the molecule is O=C(NCc1ccc(Cl)cc1)NC[C@@H]1CCCN1c1ncccn1. The number of benzene rings is 1. The van der Waals surface area contributed by atoms with Crippen LogP contribution in [-0.4, -0.2) is 35.1 Å². The van der Waals surface area contributed by atoms with Crippen molar-refractivity contribution in [2.75, 3.05) is 18.0 Å². The zero-order chi connectivity index (χ0) is 16.8. The molecule has 0 bridgehead atoms. The maximum Gasteiger partial charge on any atom is 0.315 e. The van der Waals surface area contributed by atoms with Gasteiger partial charge in [-0.3, -0.25) is 0 Å². The molecule has 6 nitrogen and oxygen atoms in total. The van der Waals surface area contributed by atoms with Crippen LogP contribution in [-0.2, 0) is 6.54 Å². The molecule has 2 N–H and O–H groups in total. The average molecular weight is 346 g/mol. The second-order valence-electron chi connectivity index (χ2n) is 5.73. The van der Waals surface area contributed by atoms with Crippen molar-refractivity contribution in [3.8, 4) is 0 Å². The molecule has 24 heavy (non-hydrogen) atoms. The van der Waals surface area contributed by atoms with Crippen molar-refractivity contribution in [2.24, 2.45) is 0 Å². The number of nitrogens with one attached hydrogen (secondary N) is 2. The second-order valence-corrected chi connectivity index (χ2v) is 6.16. The van der Waals surface area contributed by atoms with Crippen LogP contribution < -0.4 is 15.5 Å². The van der Waals surface area contributed by atoms with E-state index in [2.05, 4.69) is 25.5 Å². The number of urea groups is 1. The quantitative estimate of drug-likeness (QED) is 0.874. The lowest BCUT2D eigenvalue weighted by Gasteiger charge is -2.24. The lowest BCUT2D eigenvalue weighted by molar-refractivity contribution is 0.240. The lowest BCUT2D eigenvalue weighted by atomic mass is 10.2. The van der Waals surface area contributed by atoms with Gasteiger partial charge in [0.1, 0.15) is 0 Å². The molecule has 1 aliphatic rings. The van der Waals surface area contributed by atoms with Crippen LogP contribution in [0.3, 0.4) is 0 Å². The molecule has 2 amide bonds. The molecule has 0 spiro atoms. The molecule has 7 heteroatoms. The Morgan fingerprint density at radius 1 is 1.21 bits per heavy atom. The molecule has 1 aromatic carbocycles. The highest BCUT2D eigenvalue weighted by Gasteiger charge is 2.26. The normalized spacial score (nSPS) is 16.9. The summed E-state index contributed by atoms with van der Waals surface area (Å²) in [6.07, 6.45) is 5.58. The number of nitrogens with zero attached hydrogens (tertiary/aromatic N) is 3. The molecule has 2 aromatic rings. The molecule has 2 heterocycles. The summed E-state index contributed by atoms with van der Waals surface area (Å²) in [5, 5.41) is 6.47. The number of hydrogen-bond donors (Lipinski definition) is 2. The first-order valence-corrected chi connectivity index (χ1v) is 8.40. The molecule has 0 saturated carbocycles. The second kappa shape index (κ2) is 7.97. The number of halogens is 1. The standard InChI is InChI=1S/C17H20ClN5O/c18-14-6-4-13(5-7-14)11-21-17(24)22-12-15-3-1-10-23(15)16-19-8-2-9-20-16/h2,4-9,15H,1,3,10-12H2,(H2,21,22,24)/t15-/m0/s1. The van der Waals surface area contributed by atoms with Gasteiger partial charge in [0.05, 0.1) is 0 Å². The third kappa shape index (κ3) is 4.35. The monoisotopic (exact) mass is 345 g/mol. The van der Waals surface area contributed by atoms with Crippen molar-refractivity contribution >= 4 is 23.6 Å². The van der Waals surface area contributed by atoms with Gasteiger partial charge < -0.3 is 15.5 Å².